The standard InChI is InChI=1S/C18H30N2O2/c1-6-7-10-14(2)20-16-12-9-8-11-15(16)13-19-17(21)22-18(3,4)5/h8-9,11-12,14,20H,6-7,10,13H2,1-5H3,(H,19,21). The predicted octanol–water partition coefficient (Wildman–Crippen LogP) is 4.70. The molecule has 0 saturated heterocycles. The zero-order valence-corrected chi connectivity index (χ0v) is 14.5. The summed E-state index contributed by atoms with van der Waals surface area (Å²) in [5.41, 5.74) is 1.66. The van der Waals surface area contributed by atoms with Crippen LogP contribution in [-0.4, -0.2) is 17.7 Å². The summed E-state index contributed by atoms with van der Waals surface area (Å²) >= 11 is 0. The summed E-state index contributed by atoms with van der Waals surface area (Å²) in [5, 5.41) is 6.34. The molecular formula is C18H30N2O2. The number of alkyl carbamates (subject to hydrolysis) is 1. The minimum atomic E-state index is -0.476. The van der Waals surface area contributed by atoms with E-state index in [-0.39, 0.29) is 6.09 Å². The molecular weight excluding hydrogens is 276 g/mol. The van der Waals surface area contributed by atoms with Gasteiger partial charge in [0.05, 0.1) is 0 Å². The third-order valence-electron chi connectivity index (χ3n) is 3.23. The molecule has 0 fully saturated rings. The fraction of sp³-hybridized carbons (Fsp3) is 0.611. The molecule has 0 spiro atoms. The Bertz CT molecular complexity index is 466. The predicted molar refractivity (Wildman–Crippen MR) is 92.1 cm³/mol. The van der Waals surface area contributed by atoms with E-state index in [0.29, 0.717) is 12.6 Å². The summed E-state index contributed by atoms with van der Waals surface area (Å²) in [6, 6.07) is 8.48. The summed E-state index contributed by atoms with van der Waals surface area (Å²) in [5.74, 6) is 0. The normalized spacial score (nSPS) is 12.6. The van der Waals surface area contributed by atoms with Crippen LogP contribution in [0.2, 0.25) is 0 Å². The lowest BCUT2D eigenvalue weighted by Gasteiger charge is -2.21. The van der Waals surface area contributed by atoms with Crippen LogP contribution in [0.25, 0.3) is 0 Å². The fourth-order valence-electron chi connectivity index (χ4n) is 2.14. The number of ether oxygens (including phenoxy) is 1. The Labute approximate surface area is 134 Å². The van der Waals surface area contributed by atoms with Gasteiger partial charge < -0.3 is 15.4 Å². The Hall–Kier alpha value is -1.71. The van der Waals surface area contributed by atoms with Crippen molar-refractivity contribution in [1.29, 1.82) is 0 Å². The fourth-order valence-corrected chi connectivity index (χ4v) is 2.14. The number of hydrogen-bond acceptors (Lipinski definition) is 3. The van der Waals surface area contributed by atoms with E-state index in [1.54, 1.807) is 0 Å². The van der Waals surface area contributed by atoms with Crippen molar-refractivity contribution in [3.63, 3.8) is 0 Å². The van der Waals surface area contributed by atoms with Crippen molar-refractivity contribution in [2.75, 3.05) is 5.32 Å². The number of hydrogen-bond donors (Lipinski definition) is 2. The first kappa shape index (κ1) is 18.3. The van der Waals surface area contributed by atoms with Gasteiger partial charge in [0.2, 0.25) is 0 Å². The number of carbonyl (C=O) groups is 1. The van der Waals surface area contributed by atoms with Crippen molar-refractivity contribution in [2.24, 2.45) is 0 Å². The van der Waals surface area contributed by atoms with Crippen molar-refractivity contribution in [2.45, 2.75) is 72.1 Å². The minimum absolute atomic E-state index is 0.388. The summed E-state index contributed by atoms with van der Waals surface area (Å²) in [7, 11) is 0. The molecule has 0 bridgehead atoms. The summed E-state index contributed by atoms with van der Waals surface area (Å²) < 4.78 is 5.26. The van der Waals surface area contributed by atoms with Gasteiger partial charge in [-0.05, 0) is 45.7 Å². The number of nitrogens with one attached hydrogen (secondary N) is 2. The molecule has 1 rings (SSSR count). The second-order valence-electron chi connectivity index (χ2n) is 6.70. The van der Waals surface area contributed by atoms with Crippen LogP contribution in [0.4, 0.5) is 10.5 Å². The van der Waals surface area contributed by atoms with Crippen LogP contribution in [0, 0.1) is 0 Å². The van der Waals surface area contributed by atoms with Crippen LogP contribution in [0.15, 0.2) is 24.3 Å². The van der Waals surface area contributed by atoms with Crippen LogP contribution in [0.3, 0.4) is 0 Å². The van der Waals surface area contributed by atoms with Crippen LogP contribution in [-0.2, 0) is 11.3 Å². The van der Waals surface area contributed by atoms with Crippen molar-refractivity contribution in [1.82, 2.24) is 5.32 Å². The number of anilines is 1. The first-order valence-corrected chi connectivity index (χ1v) is 8.13. The van der Waals surface area contributed by atoms with E-state index >= 15 is 0 Å². The third-order valence-corrected chi connectivity index (χ3v) is 3.23. The lowest BCUT2D eigenvalue weighted by molar-refractivity contribution is 0.0523. The molecule has 1 amide bonds. The van der Waals surface area contributed by atoms with E-state index in [1.165, 1.54) is 12.8 Å². The number of amides is 1. The maximum absolute atomic E-state index is 11.8. The summed E-state index contributed by atoms with van der Waals surface area (Å²) in [6.07, 6.45) is 3.17. The zero-order chi connectivity index (χ0) is 16.6. The molecule has 0 saturated carbocycles. The van der Waals surface area contributed by atoms with Gasteiger partial charge in [-0.15, -0.1) is 0 Å². The molecule has 1 atom stereocenters. The largest absolute Gasteiger partial charge is 0.444 e. The van der Waals surface area contributed by atoms with Gasteiger partial charge in [-0.25, -0.2) is 4.79 Å². The van der Waals surface area contributed by atoms with Gasteiger partial charge in [-0.2, -0.15) is 0 Å². The van der Waals surface area contributed by atoms with E-state index in [2.05, 4.69) is 30.5 Å². The molecule has 0 aliphatic carbocycles. The van der Waals surface area contributed by atoms with E-state index < -0.39 is 5.60 Å². The number of para-hydroxylation sites is 1. The molecule has 0 heterocycles. The summed E-state index contributed by atoms with van der Waals surface area (Å²) in [6.45, 7) is 10.4. The molecule has 0 aromatic heterocycles. The highest BCUT2D eigenvalue weighted by Gasteiger charge is 2.16. The Morgan fingerprint density at radius 3 is 2.59 bits per heavy atom. The van der Waals surface area contributed by atoms with Crippen LogP contribution >= 0.6 is 0 Å². The minimum Gasteiger partial charge on any atom is -0.444 e. The van der Waals surface area contributed by atoms with Gasteiger partial charge >= 0.3 is 6.09 Å². The number of carbonyl (C=O) groups excluding carboxylic acids is 1. The van der Waals surface area contributed by atoms with Gasteiger partial charge in [0.1, 0.15) is 5.60 Å². The van der Waals surface area contributed by atoms with Crippen molar-refractivity contribution in [3.05, 3.63) is 29.8 Å². The highest BCUT2D eigenvalue weighted by molar-refractivity contribution is 5.68. The molecule has 0 aliphatic heterocycles. The maximum Gasteiger partial charge on any atom is 0.407 e. The molecule has 1 aromatic carbocycles. The van der Waals surface area contributed by atoms with Gasteiger partial charge in [-0.1, -0.05) is 38.0 Å². The van der Waals surface area contributed by atoms with Crippen LogP contribution < -0.4 is 10.6 Å². The average Bonchev–Trinajstić information content (AvgIpc) is 2.42. The number of rotatable bonds is 7. The third kappa shape index (κ3) is 7.34. The summed E-state index contributed by atoms with van der Waals surface area (Å²) in [4.78, 5) is 11.8. The van der Waals surface area contributed by atoms with Gasteiger partial charge in [0, 0.05) is 18.3 Å². The number of unbranched alkanes of at least 4 members (excludes halogenated alkanes) is 1. The second-order valence-corrected chi connectivity index (χ2v) is 6.70. The highest BCUT2D eigenvalue weighted by atomic mass is 16.6. The van der Waals surface area contributed by atoms with E-state index in [4.69, 9.17) is 4.74 Å². The SMILES string of the molecule is CCCCC(C)Nc1ccccc1CNC(=O)OC(C)(C)C. The van der Waals surface area contributed by atoms with Crippen molar-refractivity contribution < 1.29 is 9.53 Å². The smallest absolute Gasteiger partial charge is 0.407 e. The average molecular weight is 306 g/mol. The van der Waals surface area contributed by atoms with E-state index in [1.807, 2.05) is 39.0 Å². The molecule has 2 N–H and O–H groups in total. The van der Waals surface area contributed by atoms with Crippen LogP contribution in [0.5, 0.6) is 0 Å². The highest BCUT2D eigenvalue weighted by Crippen LogP contribution is 2.18. The Morgan fingerprint density at radius 1 is 1.27 bits per heavy atom. The second kappa shape index (κ2) is 8.66. The molecule has 1 aromatic rings. The van der Waals surface area contributed by atoms with Gasteiger partial charge in [-0.3, -0.25) is 0 Å². The first-order chi connectivity index (χ1) is 10.3. The Kier molecular flexibility index (Phi) is 7.22. The Morgan fingerprint density at radius 2 is 1.95 bits per heavy atom. The molecule has 22 heavy (non-hydrogen) atoms. The van der Waals surface area contributed by atoms with Gasteiger partial charge in [0.15, 0.2) is 0 Å². The maximum atomic E-state index is 11.8. The molecule has 4 heteroatoms. The molecule has 4 nitrogen and oxygen atoms in total. The molecule has 0 aliphatic rings. The molecule has 1 unspecified atom stereocenters. The molecule has 124 valence electrons. The van der Waals surface area contributed by atoms with E-state index in [0.717, 1.165) is 17.7 Å². The Balaban J connectivity index is 2.58. The lowest BCUT2D eigenvalue weighted by atomic mass is 10.1. The lowest BCUT2D eigenvalue weighted by Crippen LogP contribution is -2.32. The van der Waals surface area contributed by atoms with Crippen LogP contribution in [0.1, 0.15) is 59.4 Å². The van der Waals surface area contributed by atoms with Gasteiger partial charge in [0.25, 0.3) is 0 Å². The molecule has 0 radical (unpaired) electrons. The van der Waals surface area contributed by atoms with Crippen molar-refractivity contribution >= 4 is 11.8 Å². The van der Waals surface area contributed by atoms with Crippen molar-refractivity contribution in [3.8, 4) is 0 Å². The number of benzene rings is 1. The quantitative estimate of drug-likeness (QED) is 0.767. The topological polar surface area (TPSA) is 50.4 Å². The van der Waals surface area contributed by atoms with E-state index in [9.17, 15) is 4.79 Å². The zero-order valence-electron chi connectivity index (χ0n) is 14.5. The first-order valence-electron chi connectivity index (χ1n) is 8.13. The monoisotopic (exact) mass is 306 g/mol.